The molecule has 0 amide bonds. The van der Waals surface area contributed by atoms with Gasteiger partial charge in [-0.05, 0) is 55.5 Å². The van der Waals surface area contributed by atoms with Crippen molar-refractivity contribution in [2.24, 2.45) is 0 Å². The van der Waals surface area contributed by atoms with Gasteiger partial charge in [0.15, 0.2) is 0 Å². The fraction of sp³-hybridized carbons (Fsp3) is 0.409. The summed E-state index contributed by atoms with van der Waals surface area (Å²) in [5, 5.41) is 9.46. The first-order valence-electron chi connectivity index (χ1n) is 9.58. The van der Waals surface area contributed by atoms with Gasteiger partial charge < -0.3 is 10.0 Å². The monoisotopic (exact) mass is 350 g/mol. The number of piperidine rings is 1. The van der Waals surface area contributed by atoms with Crippen LogP contribution >= 0.6 is 0 Å². The second kappa shape index (κ2) is 7.50. The Kier molecular flexibility index (Phi) is 4.93. The highest BCUT2D eigenvalue weighted by atomic mass is 16.4. The molecule has 2 saturated heterocycles. The maximum absolute atomic E-state index is 11.5. The summed E-state index contributed by atoms with van der Waals surface area (Å²) in [5.41, 5.74) is 2.79. The van der Waals surface area contributed by atoms with Crippen molar-refractivity contribution in [1.82, 2.24) is 4.90 Å². The van der Waals surface area contributed by atoms with Gasteiger partial charge in [-0.1, -0.05) is 36.4 Å². The van der Waals surface area contributed by atoms with Crippen LogP contribution in [0.3, 0.4) is 0 Å². The SMILES string of the molecule is O=C(O)c1ccccc1[C@H]1CCN(C2CCN(c3ccccc3)CC2)C1. The normalized spacial score (nSPS) is 21.8. The topological polar surface area (TPSA) is 43.8 Å². The van der Waals surface area contributed by atoms with Crippen molar-refractivity contribution >= 4 is 11.7 Å². The van der Waals surface area contributed by atoms with Crippen molar-refractivity contribution in [2.75, 3.05) is 31.1 Å². The molecule has 2 aromatic carbocycles. The van der Waals surface area contributed by atoms with Gasteiger partial charge in [0.05, 0.1) is 5.56 Å². The zero-order valence-corrected chi connectivity index (χ0v) is 15.1. The number of rotatable bonds is 4. The number of para-hydroxylation sites is 1. The molecule has 0 unspecified atom stereocenters. The molecule has 1 N–H and O–H groups in total. The lowest BCUT2D eigenvalue weighted by Crippen LogP contribution is -2.44. The van der Waals surface area contributed by atoms with Crippen LogP contribution in [0.5, 0.6) is 0 Å². The van der Waals surface area contributed by atoms with Crippen LogP contribution in [0.1, 0.15) is 41.1 Å². The highest BCUT2D eigenvalue weighted by molar-refractivity contribution is 5.89. The number of hydrogen-bond donors (Lipinski definition) is 1. The lowest BCUT2D eigenvalue weighted by atomic mass is 9.93. The van der Waals surface area contributed by atoms with Gasteiger partial charge >= 0.3 is 5.97 Å². The molecule has 4 rings (SSSR count). The fourth-order valence-electron chi connectivity index (χ4n) is 4.55. The van der Waals surface area contributed by atoms with Gasteiger partial charge in [0.1, 0.15) is 0 Å². The van der Waals surface area contributed by atoms with Gasteiger partial charge in [0, 0.05) is 31.4 Å². The second-order valence-corrected chi connectivity index (χ2v) is 7.43. The molecule has 2 aromatic rings. The molecule has 4 nitrogen and oxygen atoms in total. The molecule has 4 heteroatoms. The highest BCUT2D eigenvalue weighted by Crippen LogP contribution is 2.33. The number of benzene rings is 2. The quantitative estimate of drug-likeness (QED) is 0.910. The van der Waals surface area contributed by atoms with E-state index >= 15 is 0 Å². The predicted molar refractivity (Wildman–Crippen MR) is 104 cm³/mol. The number of carboxylic acids is 1. The van der Waals surface area contributed by atoms with Gasteiger partial charge in [-0.15, -0.1) is 0 Å². The summed E-state index contributed by atoms with van der Waals surface area (Å²) in [6.45, 7) is 4.26. The van der Waals surface area contributed by atoms with Crippen LogP contribution in [0.25, 0.3) is 0 Å². The Morgan fingerprint density at radius 3 is 2.31 bits per heavy atom. The zero-order valence-electron chi connectivity index (χ0n) is 15.1. The standard InChI is InChI=1S/C22H26N2O2/c25-22(26)21-9-5-4-8-20(21)17-10-13-24(16-17)19-11-14-23(15-12-19)18-6-2-1-3-7-18/h1-9,17,19H,10-16H2,(H,25,26)/t17-/m0/s1. The minimum absolute atomic E-state index is 0.342. The van der Waals surface area contributed by atoms with Gasteiger partial charge in [-0.2, -0.15) is 0 Å². The van der Waals surface area contributed by atoms with Crippen molar-refractivity contribution in [3.8, 4) is 0 Å². The van der Waals surface area contributed by atoms with E-state index < -0.39 is 5.97 Å². The molecule has 0 aliphatic carbocycles. The van der Waals surface area contributed by atoms with Crippen molar-refractivity contribution in [1.29, 1.82) is 0 Å². The van der Waals surface area contributed by atoms with E-state index in [4.69, 9.17) is 0 Å². The summed E-state index contributed by atoms with van der Waals surface area (Å²) in [7, 11) is 0. The maximum atomic E-state index is 11.5. The van der Waals surface area contributed by atoms with Gasteiger partial charge in [0.2, 0.25) is 0 Å². The summed E-state index contributed by atoms with van der Waals surface area (Å²) < 4.78 is 0. The van der Waals surface area contributed by atoms with Crippen molar-refractivity contribution in [3.05, 3.63) is 65.7 Å². The summed E-state index contributed by atoms with van der Waals surface area (Å²) in [5.74, 6) is -0.468. The largest absolute Gasteiger partial charge is 0.478 e. The third kappa shape index (κ3) is 3.47. The molecule has 26 heavy (non-hydrogen) atoms. The minimum atomic E-state index is -0.810. The molecule has 2 aliphatic rings. The van der Waals surface area contributed by atoms with Crippen molar-refractivity contribution in [3.63, 3.8) is 0 Å². The van der Waals surface area contributed by atoms with E-state index in [1.165, 1.54) is 18.5 Å². The van der Waals surface area contributed by atoms with E-state index in [1.54, 1.807) is 6.07 Å². The molecule has 2 heterocycles. The van der Waals surface area contributed by atoms with Crippen LogP contribution < -0.4 is 4.90 Å². The van der Waals surface area contributed by atoms with E-state index in [0.29, 0.717) is 17.5 Å². The predicted octanol–water partition coefficient (Wildman–Crippen LogP) is 3.84. The van der Waals surface area contributed by atoms with E-state index in [1.807, 2.05) is 18.2 Å². The van der Waals surface area contributed by atoms with Gasteiger partial charge in [-0.25, -0.2) is 4.79 Å². The summed E-state index contributed by atoms with van der Waals surface area (Å²) in [6.07, 6.45) is 3.42. The van der Waals surface area contributed by atoms with Crippen molar-refractivity contribution in [2.45, 2.75) is 31.2 Å². The number of likely N-dealkylation sites (tertiary alicyclic amines) is 1. The van der Waals surface area contributed by atoms with E-state index in [0.717, 1.165) is 38.2 Å². The van der Waals surface area contributed by atoms with Gasteiger partial charge in [0.25, 0.3) is 0 Å². The molecule has 136 valence electrons. The lowest BCUT2D eigenvalue weighted by Gasteiger charge is -2.38. The summed E-state index contributed by atoms with van der Waals surface area (Å²) >= 11 is 0. The van der Waals surface area contributed by atoms with Gasteiger partial charge in [-0.3, -0.25) is 4.90 Å². The van der Waals surface area contributed by atoms with E-state index in [2.05, 4.69) is 40.1 Å². The Balaban J connectivity index is 1.37. The Morgan fingerprint density at radius 1 is 0.885 bits per heavy atom. The molecular formula is C22H26N2O2. The van der Waals surface area contributed by atoms with Crippen LogP contribution in [0.4, 0.5) is 5.69 Å². The molecule has 2 fully saturated rings. The highest BCUT2D eigenvalue weighted by Gasteiger charge is 2.32. The third-order valence-electron chi connectivity index (χ3n) is 5.95. The average Bonchev–Trinajstić information content (AvgIpc) is 3.19. The fourth-order valence-corrected chi connectivity index (χ4v) is 4.55. The molecule has 2 aliphatic heterocycles. The molecule has 0 spiro atoms. The van der Waals surface area contributed by atoms with Crippen LogP contribution in [0.2, 0.25) is 0 Å². The smallest absolute Gasteiger partial charge is 0.335 e. The molecule has 1 atom stereocenters. The third-order valence-corrected chi connectivity index (χ3v) is 5.95. The summed E-state index contributed by atoms with van der Waals surface area (Å²) in [4.78, 5) is 16.6. The first-order valence-corrected chi connectivity index (χ1v) is 9.58. The Hall–Kier alpha value is -2.33. The molecular weight excluding hydrogens is 324 g/mol. The first-order chi connectivity index (χ1) is 12.7. The Bertz CT molecular complexity index is 754. The minimum Gasteiger partial charge on any atom is -0.478 e. The van der Waals surface area contributed by atoms with E-state index in [9.17, 15) is 9.90 Å². The molecule has 0 radical (unpaired) electrons. The zero-order chi connectivity index (χ0) is 17.9. The first kappa shape index (κ1) is 17.1. The van der Waals surface area contributed by atoms with E-state index in [-0.39, 0.29) is 0 Å². The molecule has 0 aromatic heterocycles. The lowest BCUT2D eigenvalue weighted by molar-refractivity contribution is 0.0695. The molecule has 0 bridgehead atoms. The number of nitrogens with zero attached hydrogens (tertiary/aromatic N) is 2. The average molecular weight is 350 g/mol. The van der Waals surface area contributed by atoms with Crippen LogP contribution in [-0.4, -0.2) is 48.2 Å². The maximum Gasteiger partial charge on any atom is 0.335 e. The number of carboxylic acid groups (broad SMARTS) is 1. The number of anilines is 1. The Morgan fingerprint density at radius 2 is 1.58 bits per heavy atom. The number of hydrogen-bond acceptors (Lipinski definition) is 3. The van der Waals surface area contributed by atoms with Crippen LogP contribution in [0.15, 0.2) is 54.6 Å². The van der Waals surface area contributed by atoms with Crippen LogP contribution in [-0.2, 0) is 0 Å². The second-order valence-electron chi connectivity index (χ2n) is 7.43. The number of carbonyl (C=O) groups is 1. The number of aromatic carboxylic acids is 1. The summed E-state index contributed by atoms with van der Waals surface area (Å²) in [6, 6.07) is 18.8. The van der Waals surface area contributed by atoms with Crippen LogP contribution in [0, 0.1) is 0 Å². The molecule has 0 saturated carbocycles. The van der Waals surface area contributed by atoms with Crippen molar-refractivity contribution < 1.29 is 9.90 Å². The Labute approximate surface area is 155 Å².